The molecular formula is C93H71F9N6O5Si. The van der Waals surface area contributed by atoms with E-state index < -0.39 is 43.9 Å². The van der Waals surface area contributed by atoms with Gasteiger partial charge in [-0.05, 0) is 162 Å². The molecule has 0 bridgehead atoms. The van der Waals surface area contributed by atoms with Crippen molar-refractivity contribution < 1.29 is 61.6 Å². The quantitative estimate of drug-likeness (QED) is 0.120. The molecule has 0 aliphatic heterocycles. The molecule has 11 nitrogen and oxygen atoms in total. The number of oxazole rings is 5. The molecule has 570 valence electrons. The van der Waals surface area contributed by atoms with Crippen LogP contribution < -0.4 is 10.1 Å². The minimum atomic E-state index is -4.75. The zero-order chi connectivity index (χ0) is 80.1. The van der Waals surface area contributed by atoms with Crippen molar-refractivity contribution in [1.29, 1.82) is 0 Å². The third kappa shape index (κ3) is 14.4. The Balaban J connectivity index is 0.000000108. The molecule has 0 radical (unpaired) electrons. The lowest BCUT2D eigenvalue weighted by atomic mass is 9.81. The molecule has 14 aromatic carbocycles. The maximum atomic E-state index is 12.7. The van der Waals surface area contributed by atoms with Gasteiger partial charge in [0, 0.05) is 60.3 Å². The van der Waals surface area contributed by atoms with Crippen LogP contribution in [0.5, 0.6) is 0 Å². The molecule has 0 amide bonds. The second-order valence-electron chi connectivity index (χ2n) is 30.0. The van der Waals surface area contributed by atoms with Gasteiger partial charge >= 0.3 is 30.3 Å². The van der Waals surface area contributed by atoms with E-state index in [-0.39, 0.29) is 38.4 Å². The van der Waals surface area contributed by atoms with Gasteiger partial charge in [-0.1, -0.05) is 221 Å². The van der Waals surface area contributed by atoms with Crippen molar-refractivity contribution in [3.63, 3.8) is 0 Å². The standard InChI is InChI=1S/C24H17NO.C22H19NO.C19H16N2O.C15H14F3NOSi.C13H5F6NO/c1-16-25-24-20-13-12-19(17-8-4-2-5-9-17)14-22(20)21(15-23(24)26-16)18-10-6-3-7-11-18;1-12-9-20-21(23-13(2)24-20)17-11-19-16(10-15(12)17)14-7-5-6-8-18(14)22(19,3)4;1-21(2)19-20-18-16-10-8-14(13-6-4-3-5-7-13)12-15(16)9-11-17(18)22-19;1-21(2,3)10-5-6-11-9(8-10)4-7-12-13(11)19-14(20-12)15(16,17)18;14-12(15,16)7-2-3-8-6(5-7)1-4-9-10(8)20-11(21-9)13(17,18)19/h2-15H,1H3;5-11H,1-4H3;3-12H,1-2H3;4-8H,1-3H3;1-5H. The molecule has 0 fully saturated rings. The number of anilines is 1. The molecule has 0 atom stereocenters. The maximum absolute atomic E-state index is 12.7. The summed E-state index contributed by atoms with van der Waals surface area (Å²) in [6.45, 7) is 17.3. The molecule has 0 unspecified atom stereocenters. The monoisotopic (exact) mass is 1550 g/mol. The Morgan fingerprint density at radius 2 is 0.789 bits per heavy atom. The molecule has 0 saturated heterocycles. The molecule has 21 heteroatoms. The Morgan fingerprint density at radius 1 is 0.325 bits per heavy atom. The average Bonchev–Trinajstić information content (AvgIpc) is 1.56. The molecule has 0 saturated carbocycles. The van der Waals surface area contributed by atoms with Crippen LogP contribution in [0.25, 0.3) is 154 Å². The first-order chi connectivity index (χ1) is 54.3. The summed E-state index contributed by atoms with van der Waals surface area (Å²) in [6, 6.07) is 81.1. The number of hydrogen-bond acceptors (Lipinski definition) is 11. The normalized spacial score (nSPS) is 12.8. The minimum Gasteiger partial charge on any atom is -0.441 e. The van der Waals surface area contributed by atoms with Gasteiger partial charge in [0.25, 0.3) is 6.01 Å². The number of alkyl halides is 9. The van der Waals surface area contributed by atoms with Gasteiger partial charge in [-0.2, -0.15) is 44.5 Å². The molecular weight excluding hydrogens is 1480 g/mol. The Hall–Kier alpha value is -12.9. The van der Waals surface area contributed by atoms with Gasteiger partial charge in [-0.25, -0.2) is 19.9 Å². The first-order valence-electron chi connectivity index (χ1n) is 36.6. The van der Waals surface area contributed by atoms with E-state index in [0.29, 0.717) is 17.3 Å². The fourth-order valence-corrected chi connectivity index (χ4v) is 16.1. The van der Waals surface area contributed by atoms with Gasteiger partial charge in [0.2, 0.25) is 0 Å². The van der Waals surface area contributed by atoms with Crippen molar-refractivity contribution in [2.45, 2.75) is 78.2 Å². The van der Waals surface area contributed by atoms with Crippen molar-refractivity contribution in [1.82, 2.24) is 24.9 Å². The summed E-state index contributed by atoms with van der Waals surface area (Å²) in [7, 11) is 2.40. The van der Waals surface area contributed by atoms with Gasteiger partial charge in [0.05, 0.1) is 13.6 Å². The smallest absolute Gasteiger partial charge is 0.441 e. The summed E-state index contributed by atoms with van der Waals surface area (Å²) in [5.41, 5.74) is 18.6. The lowest BCUT2D eigenvalue weighted by molar-refractivity contribution is -0.156. The van der Waals surface area contributed by atoms with Crippen molar-refractivity contribution in [2.24, 2.45) is 0 Å². The topological polar surface area (TPSA) is 133 Å². The summed E-state index contributed by atoms with van der Waals surface area (Å²) in [6.07, 6.45) is -13.8. The predicted molar refractivity (Wildman–Crippen MR) is 438 cm³/mol. The molecule has 5 heterocycles. The fourth-order valence-electron chi connectivity index (χ4n) is 14.9. The highest BCUT2D eigenvalue weighted by atomic mass is 28.3. The molecule has 1 aliphatic rings. The molecule has 19 aromatic rings. The van der Waals surface area contributed by atoms with Gasteiger partial charge in [0.15, 0.2) is 39.7 Å². The zero-order valence-electron chi connectivity index (χ0n) is 63.3. The van der Waals surface area contributed by atoms with Crippen LogP contribution in [0.1, 0.15) is 59.7 Å². The number of fused-ring (bicyclic) bond motifs is 18. The number of benzene rings is 14. The number of hydrogen-bond donors (Lipinski definition) is 0. The number of nitrogens with zero attached hydrogens (tertiary/aromatic N) is 6. The van der Waals surface area contributed by atoms with Crippen LogP contribution >= 0.6 is 0 Å². The number of halogens is 9. The van der Waals surface area contributed by atoms with Crippen LogP contribution in [0.15, 0.2) is 271 Å². The van der Waals surface area contributed by atoms with Crippen LogP contribution in [-0.4, -0.2) is 47.1 Å². The summed E-state index contributed by atoms with van der Waals surface area (Å²) in [5.74, 6) is -1.21. The van der Waals surface area contributed by atoms with Crippen LogP contribution in [0.3, 0.4) is 0 Å². The van der Waals surface area contributed by atoms with Crippen LogP contribution in [0.4, 0.5) is 45.5 Å². The Kier molecular flexibility index (Phi) is 18.9. The van der Waals surface area contributed by atoms with E-state index in [1.807, 2.05) is 75.3 Å². The van der Waals surface area contributed by atoms with E-state index in [2.05, 4.69) is 234 Å². The van der Waals surface area contributed by atoms with Gasteiger partial charge in [-0.15, -0.1) is 0 Å². The highest BCUT2D eigenvalue weighted by Gasteiger charge is 2.40. The zero-order valence-corrected chi connectivity index (χ0v) is 64.3. The summed E-state index contributed by atoms with van der Waals surface area (Å²) in [5, 5.41) is 10.2. The van der Waals surface area contributed by atoms with E-state index >= 15 is 0 Å². The lowest BCUT2D eigenvalue weighted by Crippen LogP contribution is -2.37. The fraction of sp³-hybridized carbons (Fsp3) is 0.151. The first-order valence-corrected chi connectivity index (χ1v) is 40.1. The second-order valence-corrected chi connectivity index (χ2v) is 35.0. The SMILES string of the molecule is CN(C)c1nc2c(ccc3cc(-c4ccccc4)ccc32)o1.C[Si](C)(C)c1ccc2c(ccc3oc(C(F)(F)F)nc32)c1.Cc1nc2c(cc(-c3ccccc3)c3cc(-c4ccccc4)ccc32)o1.Cc1nc2c(cc(C)c3cc4c(cc32)C(C)(C)c2ccccc2-4)o1.FC(F)(F)c1ccc2c(ccc3oc(C(F)(F)F)nc32)c1. The third-order valence-corrected chi connectivity index (χ3v) is 22.6. The number of rotatable bonds is 5. The summed E-state index contributed by atoms with van der Waals surface area (Å²) >= 11 is 0. The lowest BCUT2D eigenvalue weighted by Gasteiger charge is -2.21. The van der Waals surface area contributed by atoms with E-state index in [9.17, 15) is 39.5 Å². The Morgan fingerprint density at radius 3 is 1.34 bits per heavy atom. The molecule has 0 spiro atoms. The van der Waals surface area contributed by atoms with Crippen molar-refractivity contribution in [2.75, 3.05) is 19.0 Å². The number of aromatic nitrogens is 5. The summed E-state index contributed by atoms with van der Waals surface area (Å²) in [4.78, 5) is 22.7. The Labute approximate surface area is 648 Å². The predicted octanol–water partition coefficient (Wildman–Crippen LogP) is 26.8. The maximum Gasteiger partial charge on any atom is 0.468 e. The van der Waals surface area contributed by atoms with E-state index in [0.717, 1.165) is 73.5 Å². The van der Waals surface area contributed by atoms with Crippen molar-refractivity contribution >= 4 is 129 Å². The number of aryl methyl sites for hydroxylation is 3. The molecule has 5 aromatic heterocycles. The van der Waals surface area contributed by atoms with Crippen LogP contribution in [-0.2, 0) is 23.9 Å². The van der Waals surface area contributed by atoms with Crippen molar-refractivity contribution in [3.8, 4) is 44.5 Å². The van der Waals surface area contributed by atoms with Gasteiger partial charge in [0.1, 0.15) is 27.6 Å². The van der Waals surface area contributed by atoms with Crippen molar-refractivity contribution in [3.05, 3.63) is 295 Å². The molecule has 114 heavy (non-hydrogen) atoms. The van der Waals surface area contributed by atoms with Crippen LogP contribution in [0, 0.1) is 20.8 Å². The Bertz CT molecular complexity index is 6770. The average molecular weight is 1550 g/mol. The second kappa shape index (κ2) is 28.7. The summed E-state index contributed by atoms with van der Waals surface area (Å²) < 4.78 is 140. The third-order valence-electron chi connectivity index (χ3n) is 20.6. The van der Waals surface area contributed by atoms with E-state index in [1.54, 1.807) is 12.1 Å². The molecule has 0 N–H and O–H groups in total. The first kappa shape index (κ1) is 75.2. The van der Waals surface area contributed by atoms with E-state index in [4.69, 9.17) is 17.7 Å². The van der Waals surface area contributed by atoms with Gasteiger partial charge < -0.3 is 27.0 Å². The van der Waals surface area contributed by atoms with E-state index in [1.165, 1.54) is 100 Å². The van der Waals surface area contributed by atoms with Crippen LogP contribution in [0.2, 0.25) is 19.6 Å². The van der Waals surface area contributed by atoms with Gasteiger partial charge in [-0.3, -0.25) is 0 Å². The highest BCUT2D eigenvalue weighted by molar-refractivity contribution is 6.88. The minimum absolute atomic E-state index is 0.00890. The molecule has 20 rings (SSSR count). The highest BCUT2D eigenvalue weighted by Crippen LogP contribution is 2.51. The molecule has 1 aliphatic carbocycles. The largest absolute Gasteiger partial charge is 0.468 e.